The van der Waals surface area contributed by atoms with Crippen molar-refractivity contribution in [1.29, 1.82) is 0 Å². The van der Waals surface area contributed by atoms with Gasteiger partial charge in [-0.05, 0) is 47.7 Å². The maximum Gasteiger partial charge on any atom is 0.348 e. The maximum atomic E-state index is 12.3. The quantitative estimate of drug-likeness (QED) is 0.703. The SMILES string of the molecule is O=C(COC(=O)c1cc2c(s1)-c1ccccc1CC2)Nc1ccccc1. The Morgan fingerprint density at radius 3 is 2.54 bits per heavy atom. The number of thiophene rings is 1. The lowest BCUT2D eigenvalue weighted by atomic mass is 9.91. The van der Waals surface area contributed by atoms with E-state index >= 15 is 0 Å². The summed E-state index contributed by atoms with van der Waals surface area (Å²) >= 11 is 1.44. The highest BCUT2D eigenvalue weighted by Crippen LogP contribution is 2.39. The Morgan fingerprint density at radius 2 is 1.69 bits per heavy atom. The van der Waals surface area contributed by atoms with Crippen molar-refractivity contribution in [2.24, 2.45) is 0 Å². The average molecular weight is 363 g/mol. The van der Waals surface area contributed by atoms with Gasteiger partial charge in [0.1, 0.15) is 4.88 Å². The summed E-state index contributed by atoms with van der Waals surface area (Å²) in [5, 5.41) is 2.70. The molecule has 0 atom stereocenters. The summed E-state index contributed by atoms with van der Waals surface area (Å²) in [5.41, 5.74) is 4.36. The van der Waals surface area contributed by atoms with Crippen molar-refractivity contribution in [2.75, 3.05) is 11.9 Å². The lowest BCUT2D eigenvalue weighted by molar-refractivity contribution is -0.119. The second kappa shape index (κ2) is 7.14. The zero-order valence-electron chi connectivity index (χ0n) is 14.0. The van der Waals surface area contributed by atoms with Gasteiger partial charge in [0, 0.05) is 10.6 Å². The Bertz CT molecular complexity index is 962. The van der Waals surface area contributed by atoms with Gasteiger partial charge < -0.3 is 10.1 Å². The van der Waals surface area contributed by atoms with Crippen LogP contribution in [0, 0.1) is 0 Å². The predicted molar refractivity (Wildman–Crippen MR) is 103 cm³/mol. The number of nitrogens with one attached hydrogen (secondary N) is 1. The van der Waals surface area contributed by atoms with Gasteiger partial charge in [0.25, 0.3) is 5.91 Å². The van der Waals surface area contributed by atoms with Crippen molar-refractivity contribution in [3.63, 3.8) is 0 Å². The molecule has 1 N–H and O–H groups in total. The molecule has 0 bridgehead atoms. The highest BCUT2D eigenvalue weighted by Gasteiger charge is 2.22. The Balaban J connectivity index is 1.42. The molecule has 0 aliphatic heterocycles. The molecule has 1 aliphatic carbocycles. The van der Waals surface area contributed by atoms with E-state index in [-0.39, 0.29) is 12.5 Å². The van der Waals surface area contributed by atoms with E-state index in [9.17, 15) is 9.59 Å². The molecule has 5 heteroatoms. The molecule has 1 aromatic heterocycles. The molecule has 0 saturated heterocycles. The van der Waals surface area contributed by atoms with E-state index in [1.807, 2.05) is 36.4 Å². The van der Waals surface area contributed by atoms with Crippen LogP contribution in [0.5, 0.6) is 0 Å². The van der Waals surface area contributed by atoms with Crippen LogP contribution in [-0.4, -0.2) is 18.5 Å². The molecule has 0 spiro atoms. The van der Waals surface area contributed by atoms with Crippen LogP contribution in [-0.2, 0) is 22.4 Å². The summed E-state index contributed by atoms with van der Waals surface area (Å²) < 4.78 is 5.19. The normalized spacial score (nSPS) is 12.0. The Hall–Kier alpha value is -2.92. The fourth-order valence-corrected chi connectivity index (χ4v) is 4.26. The van der Waals surface area contributed by atoms with Crippen LogP contribution in [0.3, 0.4) is 0 Å². The van der Waals surface area contributed by atoms with E-state index in [1.54, 1.807) is 12.1 Å². The molecule has 4 nitrogen and oxygen atoms in total. The number of fused-ring (bicyclic) bond motifs is 3. The molecular formula is C21H17NO3S. The first kappa shape index (κ1) is 16.5. The highest BCUT2D eigenvalue weighted by atomic mass is 32.1. The first-order valence-electron chi connectivity index (χ1n) is 8.44. The van der Waals surface area contributed by atoms with E-state index in [0.717, 1.165) is 17.7 Å². The van der Waals surface area contributed by atoms with Crippen molar-refractivity contribution in [3.8, 4) is 10.4 Å². The van der Waals surface area contributed by atoms with Crippen LogP contribution in [0.15, 0.2) is 60.7 Å². The summed E-state index contributed by atoms with van der Waals surface area (Å²) in [5.74, 6) is -0.804. The number of amides is 1. The number of aryl methyl sites for hydroxylation is 2. The molecule has 0 unspecified atom stereocenters. The zero-order chi connectivity index (χ0) is 17.9. The minimum atomic E-state index is -0.454. The van der Waals surface area contributed by atoms with Crippen molar-refractivity contribution >= 4 is 28.9 Å². The van der Waals surface area contributed by atoms with Crippen molar-refractivity contribution in [2.45, 2.75) is 12.8 Å². The van der Waals surface area contributed by atoms with Crippen molar-refractivity contribution < 1.29 is 14.3 Å². The molecule has 4 rings (SSSR count). The second-order valence-corrected chi connectivity index (χ2v) is 7.16. The van der Waals surface area contributed by atoms with Crippen molar-refractivity contribution in [3.05, 3.63) is 76.7 Å². The van der Waals surface area contributed by atoms with Gasteiger partial charge in [-0.3, -0.25) is 4.79 Å². The third-order valence-electron chi connectivity index (χ3n) is 4.33. The van der Waals surface area contributed by atoms with Gasteiger partial charge >= 0.3 is 5.97 Å². The molecule has 0 radical (unpaired) electrons. The lowest BCUT2D eigenvalue weighted by Crippen LogP contribution is -2.20. The fourth-order valence-electron chi connectivity index (χ4n) is 3.09. The number of hydrogen-bond donors (Lipinski definition) is 1. The molecule has 3 aromatic rings. The molecule has 1 aliphatic rings. The topological polar surface area (TPSA) is 55.4 Å². The highest BCUT2D eigenvalue weighted by molar-refractivity contribution is 7.17. The van der Waals surface area contributed by atoms with Crippen LogP contribution in [0.1, 0.15) is 20.8 Å². The number of esters is 1. The smallest absolute Gasteiger partial charge is 0.348 e. The molecule has 1 heterocycles. The number of rotatable bonds is 4. The maximum absolute atomic E-state index is 12.3. The molecule has 0 fully saturated rings. The molecular weight excluding hydrogens is 346 g/mol. The zero-order valence-corrected chi connectivity index (χ0v) is 14.8. The monoisotopic (exact) mass is 363 g/mol. The van der Waals surface area contributed by atoms with Crippen LogP contribution < -0.4 is 5.32 Å². The fraction of sp³-hybridized carbons (Fsp3) is 0.143. The third kappa shape index (κ3) is 3.39. The van der Waals surface area contributed by atoms with Crippen LogP contribution in [0.4, 0.5) is 5.69 Å². The molecule has 1 amide bonds. The standard InChI is InChI=1S/C21H17NO3S/c23-19(22-16-7-2-1-3-8-16)13-25-21(24)18-12-15-11-10-14-6-4-5-9-17(14)20(15)26-18/h1-9,12H,10-11,13H2,(H,22,23). The first-order chi connectivity index (χ1) is 12.7. The summed E-state index contributed by atoms with van der Waals surface area (Å²) in [6, 6.07) is 19.3. The van der Waals surface area contributed by atoms with Gasteiger partial charge in [0.05, 0.1) is 0 Å². The number of carbonyl (C=O) groups is 2. The van der Waals surface area contributed by atoms with Gasteiger partial charge in [0.2, 0.25) is 0 Å². The number of anilines is 1. The van der Waals surface area contributed by atoms with Crippen LogP contribution in [0.25, 0.3) is 10.4 Å². The lowest BCUT2D eigenvalue weighted by Gasteiger charge is -2.15. The average Bonchev–Trinajstić information content (AvgIpc) is 3.12. The van der Waals surface area contributed by atoms with E-state index < -0.39 is 5.97 Å². The van der Waals surface area contributed by atoms with Gasteiger partial charge in [-0.2, -0.15) is 0 Å². The Labute approximate surface area is 155 Å². The molecule has 0 saturated carbocycles. The summed E-state index contributed by atoms with van der Waals surface area (Å²) in [6.45, 7) is -0.299. The van der Waals surface area contributed by atoms with E-state index in [2.05, 4.69) is 17.4 Å². The van der Waals surface area contributed by atoms with Gasteiger partial charge in [-0.15, -0.1) is 11.3 Å². The van der Waals surface area contributed by atoms with Gasteiger partial charge in [-0.25, -0.2) is 4.79 Å². The number of benzene rings is 2. The number of para-hydroxylation sites is 1. The second-order valence-electron chi connectivity index (χ2n) is 6.11. The minimum Gasteiger partial charge on any atom is -0.451 e. The molecule has 26 heavy (non-hydrogen) atoms. The van der Waals surface area contributed by atoms with Crippen LogP contribution in [0.2, 0.25) is 0 Å². The Kier molecular flexibility index (Phi) is 4.54. The first-order valence-corrected chi connectivity index (χ1v) is 9.25. The summed E-state index contributed by atoms with van der Waals surface area (Å²) in [4.78, 5) is 25.9. The number of hydrogen-bond acceptors (Lipinski definition) is 4. The van der Waals surface area contributed by atoms with E-state index in [4.69, 9.17) is 4.74 Å². The van der Waals surface area contributed by atoms with Gasteiger partial charge in [-0.1, -0.05) is 42.5 Å². The summed E-state index contributed by atoms with van der Waals surface area (Å²) in [7, 11) is 0. The Morgan fingerprint density at radius 1 is 0.962 bits per heavy atom. The number of carbonyl (C=O) groups excluding carboxylic acids is 2. The largest absolute Gasteiger partial charge is 0.451 e. The van der Waals surface area contributed by atoms with Crippen LogP contribution >= 0.6 is 11.3 Å². The van der Waals surface area contributed by atoms with E-state index in [0.29, 0.717) is 10.6 Å². The minimum absolute atomic E-state index is 0.299. The summed E-state index contributed by atoms with van der Waals surface area (Å²) in [6.07, 6.45) is 1.90. The van der Waals surface area contributed by atoms with Crippen molar-refractivity contribution in [1.82, 2.24) is 0 Å². The predicted octanol–water partition coefficient (Wildman–Crippen LogP) is 4.31. The number of ether oxygens (including phenoxy) is 1. The molecule has 2 aromatic carbocycles. The van der Waals surface area contributed by atoms with E-state index in [1.165, 1.54) is 28.0 Å². The molecule has 130 valence electrons. The van der Waals surface area contributed by atoms with Gasteiger partial charge in [0.15, 0.2) is 6.61 Å². The third-order valence-corrected chi connectivity index (χ3v) is 5.52.